The standard InChI is InChI=1S/C23H19F3N4O2/c1-14-21(27-22(31)19-12-20(32-29-19)17-8-4-3-5-9-17)15(2)30(28-14)13-16-7-6-10-18(11-16)23(24,25)26/h3-12H,13H2,1-2H3,(H,27,31). The first-order valence-electron chi connectivity index (χ1n) is 9.76. The highest BCUT2D eigenvalue weighted by atomic mass is 19.4. The Morgan fingerprint density at radius 2 is 1.81 bits per heavy atom. The molecule has 2 heterocycles. The highest BCUT2D eigenvalue weighted by molar-refractivity contribution is 6.03. The largest absolute Gasteiger partial charge is 0.416 e. The lowest BCUT2D eigenvalue weighted by molar-refractivity contribution is -0.137. The van der Waals surface area contributed by atoms with Crippen LogP contribution in [0.3, 0.4) is 0 Å². The van der Waals surface area contributed by atoms with E-state index in [1.165, 1.54) is 6.07 Å². The summed E-state index contributed by atoms with van der Waals surface area (Å²) in [6.07, 6.45) is -4.42. The minimum absolute atomic E-state index is 0.105. The zero-order valence-electron chi connectivity index (χ0n) is 17.3. The number of rotatable bonds is 5. The van der Waals surface area contributed by atoms with Crippen molar-refractivity contribution >= 4 is 11.6 Å². The quantitative estimate of drug-likeness (QED) is 0.446. The number of carbonyl (C=O) groups excluding carboxylic acids is 1. The van der Waals surface area contributed by atoms with Crippen molar-refractivity contribution in [1.82, 2.24) is 14.9 Å². The molecule has 0 fully saturated rings. The van der Waals surface area contributed by atoms with Gasteiger partial charge in [-0.2, -0.15) is 18.3 Å². The molecule has 4 rings (SSSR count). The molecule has 164 valence electrons. The topological polar surface area (TPSA) is 73.0 Å². The molecule has 4 aromatic rings. The van der Waals surface area contributed by atoms with Crippen LogP contribution in [0.5, 0.6) is 0 Å². The second-order valence-corrected chi connectivity index (χ2v) is 7.30. The van der Waals surface area contributed by atoms with Gasteiger partial charge < -0.3 is 9.84 Å². The van der Waals surface area contributed by atoms with Gasteiger partial charge in [-0.05, 0) is 31.5 Å². The second kappa shape index (κ2) is 8.33. The van der Waals surface area contributed by atoms with Gasteiger partial charge in [0.1, 0.15) is 0 Å². The molecule has 1 N–H and O–H groups in total. The highest BCUT2D eigenvalue weighted by Gasteiger charge is 2.30. The first-order chi connectivity index (χ1) is 15.2. The van der Waals surface area contributed by atoms with Crippen LogP contribution in [-0.2, 0) is 12.7 Å². The maximum atomic E-state index is 13.0. The highest BCUT2D eigenvalue weighted by Crippen LogP contribution is 2.30. The van der Waals surface area contributed by atoms with Crippen molar-refractivity contribution in [2.75, 3.05) is 5.32 Å². The van der Waals surface area contributed by atoms with Crippen LogP contribution in [0.15, 0.2) is 65.2 Å². The maximum absolute atomic E-state index is 13.0. The minimum Gasteiger partial charge on any atom is -0.355 e. The molecule has 0 aliphatic heterocycles. The van der Waals surface area contributed by atoms with Crippen molar-refractivity contribution in [3.05, 3.63) is 88.9 Å². The molecule has 0 saturated carbocycles. The van der Waals surface area contributed by atoms with Crippen LogP contribution in [0.4, 0.5) is 18.9 Å². The van der Waals surface area contributed by atoms with E-state index >= 15 is 0 Å². The van der Waals surface area contributed by atoms with Crippen molar-refractivity contribution in [3.63, 3.8) is 0 Å². The molecule has 6 nitrogen and oxygen atoms in total. The Bertz CT molecular complexity index is 1260. The van der Waals surface area contributed by atoms with E-state index in [0.717, 1.165) is 17.7 Å². The van der Waals surface area contributed by atoms with Crippen LogP contribution in [0, 0.1) is 13.8 Å². The molecular weight excluding hydrogens is 421 g/mol. The Labute approximate surface area is 181 Å². The minimum atomic E-state index is -4.42. The molecule has 0 atom stereocenters. The SMILES string of the molecule is Cc1nn(Cc2cccc(C(F)(F)F)c2)c(C)c1NC(=O)c1cc(-c2ccccc2)on1. The summed E-state index contributed by atoms with van der Waals surface area (Å²) in [5.41, 5.74) is 2.26. The van der Waals surface area contributed by atoms with Crippen molar-refractivity contribution in [2.45, 2.75) is 26.6 Å². The number of halogens is 3. The molecule has 32 heavy (non-hydrogen) atoms. The molecule has 0 bridgehead atoms. The zero-order chi connectivity index (χ0) is 22.9. The second-order valence-electron chi connectivity index (χ2n) is 7.30. The lowest BCUT2D eigenvalue weighted by Crippen LogP contribution is -2.13. The molecule has 2 aromatic carbocycles. The molecule has 2 aromatic heterocycles. The molecule has 0 spiro atoms. The number of carbonyl (C=O) groups is 1. The Hall–Kier alpha value is -3.88. The van der Waals surface area contributed by atoms with Gasteiger partial charge in [-0.1, -0.05) is 47.6 Å². The fraction of sp³-hybridized carbons (Fsp3) is 0.174. The number of hydrogen-bond acceptors (Lipinski definition) is 4. The number of anilines is 1. The van der Waals surface area contributed by atoms with E-state index in [9.17, 15) is 18.0 Å². The Morgan fingerprint density at radius 3 is 2.53 bits per heavy atom. The van der Waals surface area contributed by atoms with E-state index in [0.29, 0.717) is 28.4 Å². The molecule has 9 heteroatoms. The van der Waals surface area contributed by atoms with Crippen molar-refractivity contribution in [3.8, 4) is 11.3 Å². The van der Waals surface area contributed by atoms with Crippen LogP contribution in [-0.4, -0.2) is 20.8 Å². The lowest BCUT2D eigenvalue weighted by Gasteiger charge is -2.10. The van der Waals surface area contributed by atoms with Gasteiger partial charge in [0, 0.05) is 11.6 Å². The van der Waals surface area contributed by atoms with E-state index < -0.39 is 17.6 Å². The Morgan fingerprint density at radius 1 is 1.06 bits per heavy atom. The van der Waals surface area contributed by atoms with Crippen LogP contribution < -0.4 is 5.32 Å². The fourth-order valence-corrected chi connectivity index (χ4v) is 3.35. The first kappa shape index (κ1) is 21.4. The molecule has 1 amide bonds. The van der Waals surface area contributed by atoms with Crippen LogP contribution in [0.1, 0.15) is 33.0 Å². The number of hydrogen-bond donors (Lipinski definition) is 1. The normalized spacial score (nSPS) is 11.5. The van der Waals surface area contributed by atoms with Gasteiger partial charge in [0.25, 0.3) is 5.91 Å². The van der Waals surface area contributed by atoms with Crippen molar-refractivity contribution in [2.24, 2.45) is 0 Å². The summed E-state index contributed by atoms with van der Waals surface area (Å²) in [6, 6.07) is 15.9. The molecule has 0 aliphatic rings. The van der Waals surface area contributed by atoms with E-state index in [4.69, 9.17) is 4.52 Å². The predicted octanol–water partition coefficient (Wildman–Crippen LogP) is 5.47. The number of nitrogens with zero attached hydrogens (tertiary/aromatic N) is 3. The third kappa shape index (κ3) is 4.41. The first-order valence-corrected chi connectivity index (χ1v) is 9.76. The summed E-state index contributed by atoms with van der Waals surface area (Å²) >= 11 is 0. The summed E-state index contributed by atoms with van der Waals surface area (Å²) in [5.74, 6) is -0.00909. The zero-order valence-corrected chi connectivity index (χ0v) is 17.3. The number of nitrogens with one attached hydrogen (secondary N) is 1. The van der Waals surface area contributed by atoms with Gasteiger partial charge in [0.2, 0.25) is 0 Å². The third-order valence-electron chi connectivity index (χ3n) is 5.01. The summed E-state index contributed by atoms with van der Waals surface area (Å²) in [4.78, 5) is 12.7. The summed E-state index contributed by atoms with van der Waals surface area (Å²) in [5, 5.41) is 11.0. The van der Waals surface area contributed by atoms with E-state index in [1.54, 1.807) is 30.7 Å². The fourth-order valence-electron chi connectivity index (χ4n) is 3.35. The average molecular weight is 440 g/mol. The molecular formula is C23H19F3N4O2. The average Bonchev–Trinajstić information content (AvgIpc) is 3.35. The van der Waals surface area contributed by atoms with E-state index in [1.807, 2.05) is 30.3 Å². The van der Waals surface area contributed by atoms with Crippen LogP contribution in [0.25, 0.3) is 11.3 Å². The Balaban J connectivity index is 1.53. The van der Waals surface area contributed by atoms with Gasteiger partial charge in [-0.3, -0.25) is 9.48 Å². The predicted molar refractivity (Wildman–Crippen MR) is 112 cm³/mol. The van der Waals surface area contributed by atoms with Gasteiger partial charge >= 0.3 is 6.18 Å². The number of alkyl halides is 3. The summed E-state index contributed by atoms with van der Waals surface area (Å²) in [6.45, 7) is 3.58. The molecule has 0 saturated heterocycles. The van der Waals surface area contributed by atoms with Crippen molar-refractivity contribution in [1.29, 1.82) is 0 Å². The van der Waals surface area contributed by atoms with E-state index in [2.05, 4.69) is 15.6 Å². The smallest absolute Gasteiger partial charge is 0.355 e. The van der Waals surface area contributed by atoms with Gasteiger partial charge in [-0.25, -0.2) is 0 Å². The van der Waals surface area contributed by atoms with Crippen molar-refractivity contribution < 1.29 is 22.5 Å². The number of benzene rings is 2. The monoisotopic (exact) mass is 440 g/mol. The molecule has 0 aliphatic carbocycles. The van der Waals surface area contributed by atoms with Crippen LogP contribution >= 0.6 is 0 Å². The number of aromatic nitrogens is 3. The third-order valence-corrected chi connectivity index (χ3v) is 5.01. The molecule has 0 unspecified atom stereocenters. The van der Waals surface area contributed by atoms with E-state index in [-0.39, 0.29) is 12.2 Å². The summed E-state index contributed by atoms with van der Waals surface area (Å²) < 4.78 is 45.8. The number of aryl methyl sites for hydroxylation is 1. The van der Waals surface area contributed by atoms with Gasteiger partial charge in [0.15, 0.2) is 11.5 Å². The van der Waals surface area contributed by atoms with Gasteiger partial charge in [-0.15, -0.1) is 0 Å². The number of amides is 1. The Kier molecular flexibility index (Phi) is 5.56. The van der Waals surface area contributed by atoms with Crippen LogP contribution in [0.2, 0.25) is 0 Å². The molecule has 0 radical (unpaired) electrons. The summed E-state index contributed by atoms with van der Waals surface area (Å²) in [7, 11) is 0. The lowest BCUT2D eigenvalue weighted by atomic mass is 10.1. The van der Waals surface area contributed by atoms with Gasteiger partial charge in [0.05, 0.1) is 29.2 Å². The maximum Gasteiger partial charge on any atom is 0.416 e.